The van der Waals surface area contributed by atoms with E-state index in [4.69, 9.17) is 10.00 Å². The molecular weight excluding hydrogens is 312 g/mol. The van der Waals surface area contributed by atoms with Crippen molar-refractivity contribution in [3.8, 4) is 11.8 Å². The van der Waals surface area contributed by atoms with E-state index >= 15 is 0 Å². The van der Waals surface area contributed by atoms with Crippen molar-refractivity contribution < 1.29 is 9.53 Å². The Hall–Kier alpha value is -2.80. The second kappa shape index (κ2) is 7.85. The zero-order valence-electron chi connectivity index (χ0n) is 14.4. The van der Waals surface area contributed by atoms with Crippen LogP contribution in [-0.2, 0) is 24.1 Å². The Morgan fingerprint density at radius 2 is 1.88 bits per heavy atom. The van der Waals surface area contributed by atoms with Gasteiger partial charge in [0.05, 0.1) is 12.5 Å². The Balaban J connectivity index is 1.60. The molecule has 1 atom stereocenters. The van der Waals surface area contributed by atoms with E-state index in [-0.39, 0.29) is 5.91 Å². The first-order valence-corrected chi connectivity index (χ1v) is 8.71. The van der Waals surface area contributed by atoms with Gasteiger partial charge in [-0.3, -0.25) is 4.79 Å². The number of amides is 1. The first kappa shape index (κ1) is 17.0. The van der Waals surface area contributed by atoms with E-state index in [0.717, 1.165) is 24.2 Å². The van der Waals surface area contributed by atoms with Crippen molar-refractivity contribution in [1.82, 2.24) is 0 Å². The highest BCUT2D eigenvalue weighted by molar-refractivity contribution is 5.94. The highest BCUT2D eigenvalue weighted by Crippen LogP contribution is 2.26. The summed E-state index contributed by atoms with van der Waals surface area (Å²) in [7, 11) is 0. The lowest BCUT2D eigenvalue weighted by molar-refractivity contribution is -0.122. The molecule has 1 aliphatic carbocycles. The minimum absolute atomic E-state index is 0.189. The summed E-state index contributed by atoms with van der Waals surface area (Å²) in [6.07, 6.45) is 4.47. The first-order chi connectivity index (χ1) is 12.2. The van der Waals surface area contributed by atoms with Crippen LogP contribution in [0, 0.1) is 11.3 Å². The van der Waals surface area contributed by atoms with Crippen LogP contribution in [0.1, 0.15) is 36.5 Å². The van der Waals surface area contributed by atoms with Gasteiger partial charge in [-0.2, -0.15) is 5.26 Å². The second-order valence-corrected chi connectivity index (χ2v) is 6.42. The van der Waals surface area contributed by atoms with Gasteiger partial charge in [-0.25, -0.2) is 0 Å². The number of nitrogens with zero attached hydrogens (tertiary/aromatic N) is 1. The fraction of sp³-hybridized carbons (Fsp3) is 0.333. The molecule has 0 radical (unpaired) electrons. The Morgan fingerprint density at radius 1 is 1.16 bits per heavy atom. The molecule has 2 aromatic rings. The minimum Gasteiger partial charge on any atom is -0.481 e. The maximum Gasteiger partial charge on any atom is 0.265 e. The molecule has 0 saturated carbocycles. The Morgan fingerprint density at radius 3 is 2.60 bits per heavy atom. The summed E-state index contributed by atoms with van der Waals surface area (Å²) < 4.78 is 5.82. The normalized spacial score (nSPS) is 14.1. The molecule has 1 aliphatic rings. The second-order valence-electron chi connectivity index (χ2n) is 6.42. The lowest BCUT2D eigenvalue weighted by Gasteiger charge is -2.19. The molecule has 0 bridgehead atoms. The number of nitriles is 1. The molecule has 25 heavy (non-hydrogen) atoms. The zero-order chi connectivity index (χ0) is 17.6. The molecule has 0 aromatic heterocycles. The number of aryl methyl sites for hydroxylation is 2. The van der Waals surface area contributed by atoms with Crippen LogP contribution < -0.4 is 10.1 Å². The fourth-order valence-electron chi connectivity index (χ4n) is 3.08. The third-order valence-electron chi connectivity index (χ3n) is 4.51. The van der Waals surface area contributed by atoms with Gasteiger partial charge in [-0.1, -0.05) is 18.2 Å². The lowest BCUT2D eigenvalue weighted by Crippen LogP contribution is -2.30. The van der Waals surface area contributed by atoms with Gasteiger partial charge in [-0.05, 0) is 73.6 Å². The molecular formula is C21H22N2O2. The van der Waals surface area contributed by atoms with Gasteiger partial charge in [-0.15, -0.1) is 0 Å². The summed E-state index contributed by atoms with van der Waals surface area (Å²) in [6, 6.07) is 15.5. The maximum absolute atomic E-state index is 12.3. The fourth-order valence-corrected chi connectivity index (χ4v) is 3.08. The molecule has 128 valence electrons. The topological polar surface area (TPSA) is 62.1 Å². The van der Waals surface area contributed by atoms with Gasteiger partial charge in [0.25, 0.3) is 5.91 Å². The average molecular weight is 334 g/mol. The average Bonchev–Trinajstić information content (AvgIpc) is 2.63. The van der Waals surface area contributed by atoms with Crippen LogP contribution in [0.4, 0.5) is 5.69 Å². The van der Waals surface area contributed by atoms with E-state index in [1.807, 2.05) is 18.2 Å². The molecule has 0 heterocycles. The van der Waals surface area contributed by atoms with Crippen LogP contribution in [0.3, 0.4) is 0 Å². The molecule has 3 rings (SSSR count). The minimum atomic E-state index is -0.583. The number of ether oxygens (including phenoxy) is 1. The van der Waals surface area contributed by atoms with E-state index in [0.29, 0.717) is 12.1 Å². The van der Waals surface area contributed by atoms with Crippen LogP contribution >= 0.6 is 0 Å². The molecule has 0 spiro atoms. The number of nitrogens with one attached hydrogen (secondary N) is 1. The first-order valence-electron chi connectivity index (χ1n) is 8.71. The Bertz CT molecular complexity index is 791. The molecule has 0 aliphatic heterocycles. The predicted octanol–water partition coefficient (Wildman–Crippen LogP) is 4.04. The highest BCUT2D eigenvalue weighted by Gasteiger charge is 2.16. The summed E-state index contributed by atoms with van der Waals surface area (Å²) in [6.45, 7) is 1.75. The van der Waals surface area contributed by atoms with Gasteiger partial charge in [0, 0.05) is 5.69 Å². The largest absolute Gasteiger partial charge is 0.481 e. The number of benzene rings is 2. The standard InChI is InChI=1S/C21H22N2O2/c1-15(21(24)23-19-9-6-16(7-10-19)12-13-22)25-20-11-8-17-4-2-3-5-18(17)14-20/h6-11,14-15H,2-5,12H2,1H3,(H,23,24). The van der Waals surface area contributed by atoms with E-state index in [2.05, 4.69) is 23.5 Å². The predicted molar refractivity (Wildman–Crippen MR) is 97.6 cm³/mol. The summed E-state index contributed by atoms with van der Waals surface area (Å²) in [5, 5.41) is 11.5. The van der Waals surface area contributed by atoms with Crippen LogP contribution in [0.25, 0.3) is 0 Å². The third kappa shape index (κ3) is 4.39. The molecule has 4 nitrogen and oxygen atoms in total. The van der Waals surface area contributed by atoms with Crippen LogP contribution in [0.15, 0.2) is 42.5 Å². The molecule has 2 aromatic carbocycles. The van der Waals surface area contributed by atoms with Crippen molar-refractivity contribution in [2.75, 3.05) is 5.32 Å². The van der Waals surface area contributed by atoms with Crippen molar-refractivity contribution in [3.05, 3.63) is 59.2 Å². The van der Waals surface area contributed by atoms with Crippen molar-refractivity contribution in [2.45, 2.75) is 45.1 Å². The van der Waals surface area contributed by atoms with Crippen molar-refractivity contribution >= 4 is 11.6 Å². The quantitative estimate of drug-likeness (QED) is 0.897. The van der Waals surface area contributed by atoms with E-state index in [9.17, 15) is 4.79 Å². The molecule has 0 saturated heterocycles. The number of anilines is 1. The van der Waals surface area contributed by atoms with Gasteiger partial charge < -0.3 is 10.1 Å². The van der Waals surface area contributed by atoms with Crippen LogP contribution in [-0.4, -0.2) is 12.0 Å². The lowest BCUT2D eigenvalue weighted by atomic mass is 9.92. The summed E-state index contributed by atoms with van der Waals surface area (Å²) in [5.41, 5.74) is 4.36. The van der Waals surface area contributed by atoms with E-state index < -0.39 is 6.10 Å². The highest BCUT2D eigenvalue weighted by atomic mass is 16.5. The van der Waals surface area contributed by atoms with Crippen molar-refractivity contribution in [1.29, 1.82) is 5.26 Å². The maximum atomic E-state index is 12.3. The van der Waals surface area contributed by atoms with Crippen LogP contribution in [0.5, 0.6) is 5.75 Å². The van der Waals surface area contributed by atoms with Crippen molar-refractivity contribution in [3.63, 3.8) is 0 Å². The number of carbonyl (C=O) groups excluding carboxylic acids is 1. The number of hydrogen-bond donors (Lipinski definition) is 1. The summed E-state index contributed by atoms with van der Waals surface area (Å²) in [4.78, 5) is 12.3. The number of carbonyl (C=O) groups is 1. The molecule has 1 unspecified atom stereocenters. The van der Waals surface area contributed by atoms with Gasteiger partial charge in [0.2, 0.25) is 0 Å². The smallest absolute Gasteiger partial charge is 0.265 e. The van der Waals surface area contributed by atoms with Gasteiger partial charge in [0.15, 0.2) is 6.10 Å². The Kier molecular flexibility index (Phi) is 5.35. The Labute approximate surface area is 148 Å². The van der Waals surface area contributed by atoms with E-state index in [1.165, 1.54) is 24.0 Å². The molecule has 1 N–H and O–H groups in total. The number of hydrogen-bond acceptors (Lipinski definition) is 3. The summed E-state index contributed by atoms with van der Waals surface area (Å²) >= 11 is 0. The molecule has 0 fully saturated rings. The number of rotatable bonds is 5. The monoisotopic (exact) mass is 334 g/mol. The molecule has 1 amide bonds. The van der Waals surface area contributed by atoms with E-state index in [1.54, 1.807) is 19.1 Å². The van der Waals surface area contributed by atoms with Crippen LogP contribution in [0.2, 0.25) is 0 Å². The van der Waals surface area contributed by atoms with Gasteiger partial charge >= 0.3 is 0 Å². The van der Waals surface area contributed by atoms with Crippen molar-refractivity contribution in [2.24, 2.45) is 0 Å². The SMILES string of the molecule is CC(Oc1ccc2c(c1)CCCC2)C(=O)Nc1ccc(CC#N)cc1. The summed E-state index contributed by atoms with van der Waals surface area (Å²) in [5.74, 6) is 0.554. The zero-order valence-corrected chi connectivity index (χ0v) is 14.4. The number of fused-ring (bicyclic) bond motifs is 1. The van der Waals surface area contributed by atoms with Gasteiger partial charge in [0.1, 0.15) is 5.75 Å². The third-order valence-corrected chi connectivity index (χ3v) is 4.51. The molecule has 4 heteroatoms.